The topological polar surface area (TPSA) is 59.0 Å². The molecule has 0 unspecified atom stereocenters. The lowest BCUT2D eigenvalue weighted by Gasteiger charge is -2.33. The molecule has 5 nitrogen and oxygen atoms in total. The molecule has 2 aromatic carbocycles. The van der Waals surface area contributed by atoms with E-state index in [-0.39, 0.29) is 23.8 Å². The van der Waals surface area contributed by atoms with Crippen molar-refractivity contribution in [2.24, 2.45) is 0 Å². The van der Waals surface area contributed by atoms with Gasteiger partial charge in [-0.2, -0.15) is 0 Å². The summed E-state index contributed by atoms with van der Waals surface area (Å²) < 4.78 is 16.5. The summed E-state index contributed by atoms with van der Waals surface area (Å²) in [4.78, 5) is 16.7. The molecule has 1 amide bonds. The molecule has 4 rings (SSSR count). The number of para-hydroxylation sites is 2. The zero-order valence-corrected chi connectivity index (χ0v) is 15.3. The van der Waals surface area contributed by atoms with Crippen molar-refractivity contribution in [3.8, 4) is 0 Å². The van der Waals surface area contributed by atoms with Crippen LogP contribution in [0.2, 0.25) is 0 Å². The molecule has 6 heteroatoms. The predicted molar refractivity (Wildman–Crippen MR) is 103 cm³/mol. The number of nitrogens with zero attached hydrogens (tertiary/aromatic N) is 2. The number of amides is 1. The number of nitrogens with one attached hydrogen (secondary N) is 2. The van der Waals surface area contributed by atoms with Gasteiger partial charge in [-0.3, -0.25) is 4.79 Å². The summed E-state index contributed by atoms with van der Waals surface area (Å²) >= 11 is 0. The second kappa shape index (κ2) is 7.48. The lowest BCUT2D eigenvalue weighted by Crippen LogP contribution is -2.48. The van der Waals surface area contributed by atoms with E-state index < -0.39 is 0 Å². The molecule has 3 aromatic rings. The van der Waals surface area contributed by atoms with Crippen LogP contribution in [0.5, 0.6) is 0 Å². The van der Waals surface area contributed by atoms with Crippen molar-refractivity contribution in [3.05, 3.63) is 65.7 Å². The second-order valence-electron chi connectivity index (χ2n) is 6.85. The monoisotopic (exact) mass is 366 g/mol. The van der Waals surface area contributed by atoms with Gasteiger partial charge in [0.15, 0.2) is 0 Å². The van der Waals surface area contributed by atoms with E-state index in [1.54, 1.807) is 18.2 Å². The molecular formula is C21H23FN4O. The molecule has 2 atom stereocenters. The summed E-state index contributed by atoms with van der Waals surface area (Å²) in [6.07, 6.45) is 1.10. The molecule has 2 N–H and O–H groups in total. The molecule has 27 heavy (non-hydrogen) atoms. The third kappa shape index (κ3) is 3.45. The van der Waals surface area contributed by atoms with Crippen LogP contribution in [0.1, 0.15) is 37.2 Å². The lowest BCUT2D eigenvalue weighted by atomic mass is 9.91. The number of carbonyl (C=O) groups is 1. The van der Waals surface area contributed by atoms with Crippen LogP contribution in [0.25, 0.3) is 11.0 Å². The van der Waals surface area contributed by atoms with Crippen molar-refractivity contribution >= 4 is 16.9 Å². The van der Waals surface area contributed by atoms with Crippen LogP contribution < -0.4 is 10.6 Å². The Bertz CT molecular complexity index is 968. The van der Waals surface area contributed by atoms with Crippen molar-refractivity contribution in [1.29, 1.82) is 0 Å². The number of benzene rings is 2. The fraction of sp³-hybridized carbons (Fsp3) is 0.333. The first-order valence-corrected chi connectivity index (χ1v) is 9.38. The van der Waals surface area contributed by atoms with Crippen LogP contribution in [-0.4, -0.2) is 21.5 Å². The van der Waals surface area contributed by atoms with Gasteiger partial charge < -0.3 is 15.2 Å². The normalized spacial score (nSPS) is 20.0. The van der Waals surface area contributed by atoms with Crippen LogP contribution in [0, 0.1) is 5.82 Å². The highest BCUT2D eigenvalue weighted by Gasteiger charge is 2.31. The Hall–Kier alpha value is -2.73. The fourth-order valence-electron chi connectivity index (χ4n) is 3.88. The molecular weight excluding hydrogens is 343 g/mol. The average molecular weight is 366 g/mol. The van der Waals surface area contributed by atoms with Crippen molar-refractivity contribution < 1.29 is 9.18 Å². The van der Waals surface area contributed by atoms with Gasteiger partial charge in [0, 0.05) is 24.6 Å². The summed E-state index contributed by atoms with van der Waals surface area (Å²) in [6, 6.07) is 14.3. The van der Waals surface area contributed by atoms with Gasteiger partial charge in [0.2, 0.25) is 5.91 Å². The van der Waals surface area contributed by atoms with Gasteiger partial charge in [0.25, 0.3) is 0 Å². The Morgan fingerprint density at radius 2 is 2.00 bits per heavy atom. The standard InChI is InChI=1S/C21H23FN4O/c1-2-26-18-10-6-5-9-16(18)24-19(26)13-23-17-11-12-20(27)25-21(17)14-7-3-4-8-15(14)22/h3-10,17,21,23H,2,11-13H2,1H3,(H,25,27)/t17-,21+/m1/s1. The number of piperidine rings is 1. The minimum Gasteiger partial charge on any atom is -0.348 e. The zero-order chi connectivity index (χ0) is 18.8. The molecule has 2 heterocycles. The minimum atomic E-state index is -0.382. The van der Waals surface area contributed by atoms with Crippen molar-refractivity contribution in [3.63, 3.8) is 0 Å². The van der Waals surface area contributed by atoms with Crippen LogP contribution in [0.15, 0.2) is 48.5 Å². The van der Waals surface area contributed by atoms with E-state index in [1.165, 1.54) is 6.07 Å². The van der Waals surface area contributed by atoms with Gasteiger partial charge in [-0.1, -0.05) is 30.3 Å². The maximum atomic E-state index is 14.3. The molecule has 0 radical (unpaired) electrons. The fourth-order valence-corrected chi connectivity index (χ4v) is 3.88. The number of aryl methyl sites for hydroxylation is 1. The molecule has 0 saturated carbocycles. The van der Waals surface area contributed by atoms with E-state index >= 15 is 0 Å². The molecule has 140 valence electrons. The SMILES string of the molecule is CCn1c(CN[C@@H]2CCC(=O)N[C@H]2c2ccccc2F)nc2ccccc21. The largest absolute Gasteiger partial charge is 0.348 e. The smallest absolute Gasteiger partial charge is 0.220 e. The Morgan fingerprint density at radius 3 is 2.81 bits per heavy atom. The first-order chi connectivity index (χ1) is 13.2. The number of carbonyl (C=O) groups excluding carboxylic acids is 1. The maximum Gasteiger partial charge on any atom is 0.220 e. The number of halogens is 1. The molecule has 1 fully saturated rings. The van der Waals surface area contributed by atoms with Crippen LogP contribution in [0.3, 0.4) is 0 Å². The Morgan fingerprint density at radius 1 is 1.22 bits per heavy atom. The highest BCUT2D eigenvalue weighted by Crippen LogP contribution is 2.26. The molecule has 1 aliphatic heterocycles. The van der Waals surface area contributed by atoms with E-state index in [2.05, 4.69) is 28.2 Å². The van der Waals surface area contributed by atoms with Crippen molar-refractivity contribution in [1.82, 2.24) is 20.2 Å². The third-order valence-corrected chi connectivity index (χ3v) is 5.21. The minimum absolute atomic E-state index is 0.0397. The van der Waals surface area contributed by atoms with Crippen molar-refractivity contribution in [2.75, 3.05) is 0 Å². The van der Waals surface area contributed by atoms with Gasteiger partial charge in [0.05, 0.1) is 23.6 Å². The van der Waals surface area contributed by atoms with E-state index in [9.17, 15) is 9.18 Å². The first-order valence-electron chi connectivity index (χ1n) is 9.38. The molecule has 0 aliphatic carbocycles. The zero-order valence-electron chi connectivity index (χ0n) is 15.3. The van der Waals surface area contributed by atoms with E-state index in [1.807, 2.05) is 18.2 Å². The van der Waals surface area contributed by atoms with Gasteiger partial charge >= 0.3 is 0 Å². The van der Waals surface area contributed by atoms with Gasteiger partial charge in [-0.15, -0.1) is 0 Å². The van der Waals surface area contributed by atoms with Crippen LogP contribution in [-0.2, 0) is 17.9 Å². The Kier molecular flexibility index (Phi) is 4.90. The lowest BCUT2D eigenvalue weighted by molar-refractivity contribution is -0.123. The molecule has 1 aliphatic rings. The number of imidazole rings is 1. The maximum absolute atomic E-state index is 14.3. The predicted octanol–water partition coefficient (Wildman–Crippen LogP) is 3.30. The highest BCUT2D eigenvalue weighted by molar-refractivity contribution is 5.77. The summed E-state index contributed by atoms with van der Waals surface area (Å²) in [6.45, 7) is 3.49. The quantitative estimate of drug-likeness (QED) is 0.728. The summed E-state index contributed by atoms with van der Waals surface area (Å²) in [5.74, 6) is 0.613. The van der Waals surface area contributed by atoms with Gasteiger partial charge in [-0.05, 0) is 31.5 Å². The Labute approximate surface area is 157 Å². The second-order valence-corrected chi connectivity index (χ2v) is 6.85. The highest BCUT2D eigenvalue weighted by atomic mass is 19.1. The number of fused-ring (bicyclic) bond motifs is 1. The van der Waals surface area contributed by atoms with E-state index in [0.29, 0.717) is 24.9 Å². The van der Waals surface area contributed by atoms with Crippen LogP contribution in [0.4, 0.5) is 4.39 Å². The molecule has 0 bridgehead atoms. The number of rotatable bonds is 5. The molecule has 0 spiro atoms. The molecule has 1 aromatic heterocycles. The number of hydrogen-bond donors (Lipinski definition) is 2. The summed E-state index contributed by atoms with van der Waals surface area (Å²) in [7, 11) is 0. The van der Waals surface area contributed by atoms with E-state index in [4.69, 9.17) is 4.98 Å². The van der Waals surface area contributed by atoms with Crippen LogP contribution >= 0.6 is 0 Å². The van der Waals surface area contributed by atoms with Gasteiger partial charge in [0.1, 0.15) is 11.6 Å². The Balaban J connectivity index is 1.57. The summed E-state index contributed by atoms with van der Waals surface area (Å²) in [5.41, 5.74) is 2.60. The number of hydrogen-bond acceptors (Lipinski definition) is 3. The van der Waals surface area contributed by atoms with E-state index in [0.717, 1.165) is 23.4 Å². The van der Waals surface area contributed by atoms with Crippen molar-refractivity contribution in [2.45, 2.75) is 44.9 Å². The molecule has 1 saturated heterocycles. The third-order valence-electron chi connectivity index (χ3n) is 5.21. The van der Waals surface area contributed by atoms with Gasteiger partial charge in [-0.25, -0.2) is 9.37 Å². The summed E-state index contributed by atoms with van der Waals surface area (Å²) in [5, 5.41) is 6.45. The average Bonchev–Trinajstić information content (AvgIpc) is 3.05. The first kappa shape index (κ1) is 17.7. The number of aromatic nitrogens is 2.